The van der Waals surface area contributed by atoms with Gasteiger partial charge in [0, 0.05) is 21.1 Å². The van der Waals surface area contributed by atoms with E-state index in [-0.39, 0.29) is 33.5 Å². The second kappa shape index (κ2) is 12.3. The third-order valence-corrected chi connectivity index (χ3v) is 6.98. The van der Waals surface area contributed by atoms with Crippen molar-refractivity contribution in [3.63, 3.8) is 0 Å². The summed E-state index contributed by atoms with van der Waals surface area (Å²) in [4.78, 5) is 36.9. The van der Waals surface area contributed by atoms with E-state index in [0.717, 1.165) is 12.0 Å². The highest BCUT2D eigenvalue weighted by Crippen LogP contribution is 2.39. The third kappa shape index (κ3) is 5.97. The molecule has 6 rings (SSSR count). The number of nitrogens with zero attached hydrogens (tertiary/aromatic N) is 7. The number of aromatic nitrogens is 3. The van der Waals surface area contributed by atoms with E-state index in [1.807, 2.05) is 0 Å². The first-order valence-corrected chi connectivity index (χ1v) is 13.5. The fraction of sp³-hybridized carbons (Fsp3) is 0. The van der Waals surface area contributed by atoms with Crippen LogP contribution in [0.5, 0.6) is 5.75 Å². The summed E-state index contributed by atoms with van der Waals surface area (Å²) in [6, 6.07) is 19.1. The van der Waals surface area contributed by atoms with Crippen LogP contribution in [0.25, 0.3) is 32.7 Å². The van der Waals surface area contributed by atoms with Crippen molar-refractivity contribution in [1.82, 2.24) is 15.0 Å². The number of hydrogen-bond donors (Lipinski definition) is 4. The number of benzene rings is 3. The molecule has 6 aromatic rings. The summed E-state index contributed by atoms with van der Waals surface area (Å²) in [6.07, 6.45) is 1.52. The smallest absolute Gasteiger partial charge is 0.357 e. The van der Waals surface area contributed by atoms with Gasteiger partial charge >= 0.3 is 11.9 Å². The van der Waals surface area contributed by atoms with E-state index >= 15 is 0 Å². The number of para-hydroxylation sites is 1. The van der Waals surface area contributed by atoms with Crippen molar-refractivity contribution in [2.45, 2.75) is 4.90 Å². The van der Waals surface area contributed by atoms with Crippen LogP contribution < -0.4 is 0 Å². The minimum atomic E-state index is -1.43. The van der Waals surface area contributed by atoms with E-state index in [9.17, 15) is 24.9 Å². The van der Waals surface area contributed by atoms with Crippen LogP contribution in [0.3, 0.4) is 0 Å². The molecule has 0 spiro atoms. The second-order valence-corrected chi connectivity index (χ2v) is 9.93. The van der Waals surface area contributed by atoms with Crippen molar-refractivity contribution in [2.75, 3.05) is 0 Å². The van der Waals surface area contributed by atoms with E-state index in [1.165, 1.54) is 24.4 Å². The molecule has 0 aliphatic rings. The van der Waals surface area contributed by atoms with Gasteiger partial charge in [0.05, 0.1) is 35.0 Å². The first-order chi connectivity index (χ1) is 21.8. The summed E-state index contributed by atoms with van der Waals surface area (Å²) in [5, 5.41) is 60.2. The number of rotatable bonds is 9. The van der Waals surface area contributed by atoms with Crippen LogP contribution in [0.4, 0.5) is 22.7 Å². The van der Waals surface area contributed by atoms with Crippen molar-refractivity contribution in [3.8, 4) is 5.75 Å². The number of aromatic hydroxyl groups is 1. The summed E-state index contributed by atoms with van der Waals surface area (Å²) in [5.74, 6) is -3.14. The van der Waals surface area contributed by atoms with Crippen LogP contribution in [0, 0.1) is 0 Å². The molecule has 3 heterocycles. The van der Waals surface area contributed by atoms with Crippen molar-refractivity contribution in [1.29, 1.82) is 0 Å². The summed E-state index contributed by atoms with van der Waals surface area (Å²) >= 11 is 0.797. The Morgan fingerprint density at radius 1 is 0.778 bits per heavy atom. The van der Waals surface area contributed by atoms with Gasteiger partial charge in [-0.15, -0.1) is 24.8 Å². The van der Waals surface area contributed by atoms with Gasteiger partial charge in [-0.25, -0.2) is 24.8 Å². The molecule has 0 amide bonds. The molecule has 45 heavy (non-hydrogen) atoms. The zero-order valence-corrected chi connectivity index (χ0v) is 23.3. The highest BCUT2D eigenvalue weighted by Gasteiger charge is 2.20. The Morgan fingerprint density at radius 3 is 2.38 bits per heavy atom. The zero-order valence-electron chi connectivity index (χ0n) is 22.5. The lowest BCUT2D eigenvalue weighted by molar-refractivity contribution is -0.432. The number of pyridine rings is 3. The van der Waals surface area contributed by atoms with Gasteiger partial charge in [-0.05, 0) is 60.7 Å². The molecule has 0 unspecified atom stereocenters. The molecule has 0 atom stereocenters. The number of carbonyl (C=O) groups is 2. The average Bonchev–Trinajstić information content (AvgIpc) is 3.05. The molecule has 0 aliphatic heterocycles. The monoisotopic (exact) mass is 623 g/mol. The normalized spacial score (nSPS) is 11.8. The Bertz CT molecular complexity index is 2210. The predicted molar refractivity (Wildman–Crippen MR) is 160 cm³/mol. The Balaban J connectivity index is 1.41. The molecule has 0 saturated carbocycles. The van der Waals surface area contributed by atoms with Gasteiger partial charge in [-0.1, -0.05) is 17.2 Å². The lowest BCUT2D eigenvalue weighted by Crippen LogP contribution is -2.01. The first-order valence-electron chi connectivity index (χ1n) is 12.7. The Labute approximate surface area is 255 Å². The number of fused-ring (bicyclic) bond motifs is 3. The Kier molecular flexibility index (Phi) is 8.00. The molecule has 3 aromatic carbocycles. The number of azo groups is 2. The number of aromatic carboxylic acids is 2. The highest BCUT2D eigenvalue weighted by molar-refractivity contribution is 7.94. The van der Waals surface area contributed by atoms with E-state index in [0.29, 0.717) is 32.6 Å². The number of carboxylic acids is 2. The van der Waals surface area contributed by atoms with E-state index < -0.39 is 23.4 Å². The van der Waals surface area contributed by atoms with Crippen LogP contribution in [0.1, 0.15) is 21.0 Å². The molecule has 15 nitrogen and oxygen atoms in total. The third-order valence-electron chi connectivity index (χ3n) is 6.40. The van der Waals surface area contributed by atoms with Crippen molar-refractivity contribution >= 4 is 79.4 Å². The Morgan fingerprint density at radius 2 is 1.58 bits per heavy atom. The topological polar surface area (TPSA) is 222 Å². The van der Waals surface area contributed by atoms with Gasteiger partial charge in [0.25, 0.3) is 0 Å². The maximum absolute atomic E-state index is 11.9. The standard InChI is InChI=1S/C29H17N7O8S/c37-27-18-3-1-2-4-20(18)31-26(29(40)41)25(27)36-35-22-10-9-21(17-6-8-23(28(38)39)32-24(17)22)34-33-15-11-14-12-16(45-44-43-42)5-7-19(14)30-13-15/h1-13,42H,(H,31,37)(H,38,39)(H,40,41)/b34-33+,36-35+. The highest BCUT2D eigenvalue weighted by atomic mass is 32.2. The fourth-order valence-corrected chi connectivity index (χ4v) is 4.79. The molecule has 0 bridgehead atoms. The van der Waals surface area contributed by atoms with Gasteiger partial charge in [-0.2, -0.15) is 0 Å². The van der Waals surface area contributed by atoms with Crippen molar-refractivity contribution in [2.24, 2.45) is 20.5 Å². The predicted octanol–water partition coefficient (Wildman–Crippen LogP) is 7.69. The maximum Gasteiger partial charge on any atom is 0.357 e. The zero-order chi connectivity index (χ0) is 31.5. The van der Waals surface area contributed by atoms with Gasteiger partial charge < -0.3 is 15.3 Å². The van der Waals surface area contributed by atoms with Gasteiger partial charge in [0.1, 0.15) is 22.6 Å². The molecule has 16 heteroatoms. The summed E-state index contributed by atoms with van der Waals surface area (Å²) < 4.78 is 4.47. The summed E-state index contributed by atoms with van der Waals surface area (Å²) in [7, 11) is 0. The average molecular weight is 624 g/mol. The number of carboxylic acid groups (broad SMARTS) is 2. The SMILES string of the molecule is O=C(O)c1ccc2c(/N=N/c3cnc4ccc(SOOO)cc4c3)ccc(/N=N/c3c(C(=O)O)nc4ccccc4c3O)c2n1. The largest absolute Gasteiger partial charge is 0.505 e. The van der Waals surface area contributed by atoms with Crippen LogP contribution in [-0.4, -0.2) is 47.5 Å². The molecule has 0 saturated heterocycles. The Hall–Kier alpha value is -5.94. The first kappa shape index (κ1) is 29.1. The van der Waals surface area contributed by atoms with Crippen LogP contribution in [0.15, 0.2) is 104 Å². The van der Waals surface area contributed by atoms with Crippen LogP contribution in [0.2, 0.25) is 0 Å². The van der Waals surface area contributed by atoms with Gasteiger partial charge in [-0.3, -0.25) is 4.98 Å². The minimum Gasteiger partial charge on any atom is -0.505 e. The lowest BCUT2D eigenvalue weighted by Gasteiger charge is -2.08. The van der Waals surface area contributed by atoms with Crippen molar-refractivity contribution in [3.05, 3.63) is 90.4 Å². The quantitative estimate of drug-likeness (QED) is 0.0526. The van der Waals surface area contributed by atoms with Gasteiger partial charge in [0.2, 0.25) is 0 Å². The van der Waals surface area contributed by atoms with Crippen molar-refractivity contribution < 1.29 is 39.5 Å². The van der Waals surface area contributed by atoms with Crippen LogP contribution in [-0.2, 0) is 9.37 Å². The second-order valence-electron chi connectivity index (χ2n) is 9.16. The van der Waals surface area contributed by atoms with Gasteiger partial charge in [0.15, 0.2) is 17.1 Å². The van der Waals surface area contributed by atoms with E-state index in [2.05, 4.69) is 44.8 Å². The molecule has 4 N–H and O–H groups in total. The molecular formula is C29H17N7O8S. The molecule has 3 aromatic heterocycles. The molecule has 0 fully saturated rings. The summed E-state index contributed by atoms with van der Waals surface area (Å²) in [6.45, 7) is 0. The van der Waals surface area contributed by atoms with E-state index in [1.54, 1.807) is 54.6 Å². The molecule has 0 radical (unpaired) electrons. The lowest BCUT2D eigenvalue weighted by atomic mass is 10.1. The molecule has 222 valence electrons. The molecular weight excluding hydrogens is 606 g/mol. The number of hydrogen-bond acceptors (Lipinski definition) is 14. The fourth-order valence-electron chi connectivity index (χ4n) is 4.38. The van der Waals surface area contributed by atoms with Crippen LogP contribution >= 0.6 is 12.0 Å². The maximum atomic E-state index is 11.9. The molecule has 0 aliphatic carbocycles. The minimum absolute atomic E-state index is 0.0717. The van der Waals surface area contributed by atoms with E-state index in [4.69, 9.17) is 5.26 Å². The summed E-state index contributed by atoms with van der Waals surface area (Å²) in [5.41, 5.74) is 0.618.